The predicted molar refractivity (Wildman–Crippen MR) is 69.0 cm³/mol. The third-order valence-electron chi connectivity index (χ3n) is 2.99. The molecule has 0 unspecified atom stereocenters. The summed E-state index contributed by atoms with van der Waals surface area (Å²) in [5.41, 5.74) is 1.84. The summed E-state index contributed by atoms with van der Waals surface area (Å²) in [6.45, 7) is 0.404. The highest BCUT2D eigenvalue weighted by Gasteiger charge is 2.30. The van der Waals surface area contributed by atoms with Gasteiger partial charge in [-0.05, 0) is 34.0 Å². The van der Waals surface area contributed by atoms with E-state index in [-0.39, 0.29) is 11.6 Å². The lowest BCUT2D eigenvalue weighted by atomic mass is 10.0. The molecule has 1 aromatic heterocycles. The predicted octanol–water partition coefficient (Wildman–Crippen LogP) is 0.461. The fraction of sp³-hybridized carbons (Fsp3) is 0.182. The molecule has 0 spiro atoms. The van der Waals surface area contributed by atoms with Crippen LogP contribution in [-0.4, -0.2) is 29.4 Å². The topological polar surface area (TPSA) is 103 Å². The van der Waals surface area contributed by atoms with Crippen LogP contribution in [0.1, 0.15) is 22.5 Å². The minimum atomic E-state index is -0.549. The Balaban J connectivity index is 2.19. The van der Waals surface area contributed by atoms with E-state index in [1.54, 1.807) is 6.07 Å². The maximum Gasteiger partial charge on any atom is 0.326 e. The molecule has 2 aliphatic heterocycles. The van der Waals surface area contributed by atoms with Gasteiger partial charge in [0.05, 0.1) is 4.60 Å². The first-order valence-corrected chi connectivity index (χ1v) is 6.38. The third-order valence-corrected chi connectivity index (χ3v) is 3.42. The van der Waals surface area contributed by atoms with Gasteiger partial charge in [0.15, 0.2) is 0 Å². The molecule has 98 valence electrons. The van der Waals surface area contributed by atoms with Crippen LogP contribution in [0.2, 0.25) is 0 Å². The number of hydrogen-bond donors (Lipinski definition) is 4. The molecule has 0 atom stereocenters. The van der Waals surface area contributed by atoms with E-state index < -0.39 is 11.9 Å². The molecule has 1 saturated heterocycles. The van der Waals surface area contributed by atoms with Crippen LogP contribution in [0.4, 0.5) is 4.79 Å². The number of amides is 4. The highest BCUT2D eigenvalue weighted by Crippen LogP contribution is 2.30. The molecular weight excluding hydrogens is 316 g/mol. The third kappa shape index (κ3) is 1.93. The second-order valence-corrected chi connectivity index (χ2v) is 5.03. The molecule has 0 saturated carbocycles. The van der Waals surface area contributed by atoms with Crippen LogP contribution >= 0.6 is 15.9 Å². The zero-order valence-corrected chi connectivity index (χ0v) is 11.2. The van der Waals surface area contributed by atoms with Gasteiger partial charge in [0.1, 0.15) is 11.4 Å². The Hall–Kier alpha value is -2.09. The molecule has 4 amide bonds. The minimum absolute atomic E-state index is 0.203. The molecule has 0 aromatic carbocycles. The number of urea groups is 1. The number of aromatic nitrogens is 1. The van der Waals surface area contributed by atoms with E-state index >= 15 is 0 Å². The molecule has 7 nitrogen and oxygen atoms in total. The summed E-state index contributed by atoms with van der Waals surface area (Å²) >= 11 is 3.26. The van der Waals surface area contributed by atoms with Gasteiger partial charge >= 0.3 is 6.03 Å². The molecule has 1 fully saturated rings. The molecule has 0 aliphatic carbocycles. The van der Waals surface area contributed by atoms with Gasteiger partial charge in [-0.25, -0.2) is 4.79 Å². The van der Waals surface area contributed by atoms with E-state index in [9.17, 15) is 14.4 Å². The lowest BCUT2D eigenvalue weighted by molar-refractivity contribution is -0.115. The molecule has 0 radical (unpaired) electrons. The Morgan fingerprint density at radius 3 is 2.58 bits per heavy atom. The lowest BCUT2D eigenvalue weighted by Gasteiger charge is -2.05. The SMILES string of the molecule is O=C1NC(=O)/C(=C2/CCNC(=O)c3[nH]c(Br)cc32)N1. The van der Waals surface area contributed by atoms with E-state index in [0.29, 0.717) is 34.4 Å². The second-order valence-electron chi connectivity index (χ2n) is 4.17. The number of fused-ring (bicyclic) bond motifs is 1. The van der Waals surface area contributed by atoms with E-state index in [1.165, 1.54) is 0 Å². The first kappa shape index (κ1) is 12.0. The van der Waals surface area contributed by atoms with Gasteiger partial charge in [0.25, 0.3) is 11.8 Å². The van der Waals surface area contributed by atoms with Crippen molar-refractivity contribution in [2.75, 3.05) is 6.54 Å². The zero-order valence-electron chi connectivity index (χ0n) is 9.59. The molecule has 3 heterocycles. The number of nitrogens with one attached hydrogen (secondary N) is 4. The van der Waals surface area contributed by atoms with Gasteiger partial charge in [-0.2, -0.15) is 0 Å². The lowest BCUT2D eigenvalue weighted by Crippen LogP contribution is -2.23. The molecule has 8 heteroatoms. The highest BCUT2D eigenvalue weighted by atomic mass is 79.9. The Labute approximate surface area is 115 Å². The Kier molecular flexibility index (Phi) is 2.67. The fourth-order valence-electron chi connectivity index (χ4n) is 2.20. The van der Waals surface area contributed by atoms with Crippen molar-refractivity contribution in [3.8, 4) is 0 Å². The molecule has 2 aliphatic rings. The molecule has 4 N–H and O–H groups in total. The summed E-state index contributed by atoms with van der Waals surface area (Å²) in [6, 6.07) is 1.17. The van der Waals surface area contributed by atoms with Crippen molar-refractivity contribution in [1.29, 1.82) is 0 Å². The first-order chi connectivity index (χ1) is 9.06. The normalized spacial score (nSPS) is 22.5. The minimum Gasteiger partial charge on any atom is -0.350 e. The van der Waals surface area contributed by atoms with Crippen LogP contribution in [0.3, 0.4) is 0 Å². The van der Waals surface area contributed by atoms with Gasteiger partial charge in [0.2, 0.25) is 0 Å². The zero-order chi connectivity index (χ0) is 13.6. The van der Waals surface area contributed by atoms with Crippen LogP contribution in [-0.2, 0) is 4.79 Å². The number of carbonyl (C=O) groups excluding carboxylic acids is 3. The molecule has 0 bridgehead atoms. The van der Waals surface area contributed by atoms with Crippen molar-refractivity contribution >= 4 is 39.3 Å². The highest BCUT2D eigenvalue weighted by molar-refractivity contribution is 9.10. The van der Waals surface area contributed by atoms with Crippen LogP contribution in [0.5, 0.6) is 0 Å². The number of carbonyl (C=O) groups is 3. The fourth-order valence-corrected chi connectivity index (χ4v) is 2.63. The van der Waals surface area contributed by atoms with Gasteiger partial charge in [0, 0.05) is 12.1 Å². The van der Waals surface area contributed by atoms with Gasteiger partial charge in [-0.15, -0.1) is 0 Å². The summed E-state index contributed by atoms with van der Waals surface area (Å²) in [5.74, 6) is -0.710. The van der Waals surface area contributed by atoms with Crippen molar-refractivity contribution in [3.63, 3.8) is 0 Å². The summed E-state index contributed by atoms with van der Waals surface area (Å²) in [6.07, 6.45) is 0.464. The van der Waals surface area contributed by atoms with E-state index in [0.717, 1.165) is 0 Å². The van der Waals surface area contributed by atoms with Crippen molar-refractivity contribution in [1.82, 2.24) is 20.9 Å². The van der Waals surface area contributed by atoms with Crippen LogP contribution in [0, 0.1) is 0 Å². The number of H-pyrrole nitrogens is 1. The van der Waals surface area contributed by atoms with E-state index in [2.05, 4.69) is 36.9 Å². The maximum absolute atomic E-state index is 11.9. The summed E-state index contributed by atoms with van der Waals surface area (Å²) < 4.78 is 0.636. The monoisotopic (exact) mass is 324 g/mol. The van der Waals surface area contributed by atoms with Crippen LogP contribution < -0.4 is 16.0 Å². The van der Waals surface area contributed by atoms with Crippen LogP contribution in [0.15, 0.2) is 16.4 Å². The second kappa shape index (κ2) is 4.23. The molecule has 19 heavy (non-hydrogen) atoms. The van der Waals surface area contributed by atoms with Crippen molar-refractivity contribution < 1.29 is 14.4 Å². The molecular formula is C11H9BrN4O3. The largest absolute Gasteiger partial charge is 0.350 e. The maximum atomic E-state index is 11.9. The van der Waals surface area contributed by atoms with Gasteiger partial charge < -0.3 is 15.6 Å². The molecule has 3 rings (SSSR count). The van der Waals surface area contributed by atoms with Gasteiger partial charge in [-0.1, -0.05) is 0 Å². The number of hydrogen-bond acceptors (Lipinski definition) is 3. The van der Waals surface area contributed by atoms with Crippen molar-refractivity contribution in [2.45, 2.75) is 6.42 Å². The smallest absolute Gasteiger partial charge is 0.326 e. The standard InChI is InChI=1S/C11H9BrN4O3/c12-6-3-5-4(7-10(18)16-11(19)15-7)1-2-13-9(17)8(5)14-6/h3,14H,1-2H2,(H,13,17)(H2,15,16,18,19)/b7-4+. The average Bonchev–Trinajstić information content (AvgIpc) is 2.84. The average molecular weight is 325 g/mol. The quantitative estimate of drug-likeness (QED) is 0.412. The van der Waals surface area contributed by atoms with E-state index in [4.69, 9.17) is 0 Å². The van der Waals surface area contributed by atoms with Crippen molar-refractivity contribution in [3.05, 3.63) is 27.6 Å². The van der Waals surface area contributed by atoms with Gasteiger partial charge in [-0.3, -0.25) is 14.9 Å². The Morgan fingerprint density at radius 1 is 1.11 bits per heavy atom. The van der Waals surface area contributed by atoms with E-state index in [1.807, 2.05) is 0 Å². The first-order valence-electron chi connectivity index (χ1n) is 5.59. The molecule has 1 aromatic rings. The summed E-state index contributed by atoms with van der Waals surface area (Å²) in [5, 5.41) is 7.36. The Bertz CT molecular complexity index is 646. The Morgan fingerprint density at radius 2 is 1.89 bits per heavy atom. The summed E-state index contributed by atoms with van der Waals surface area (Å²) in [4.78, 5) is 37.7. The summed E-state index contributed by atoms with van der Waals surface area (Å²) in [7, 11) is 0. The number of imide groups is 1. The number of rotatable bonds is 0. The number of aromatic amines is 1. The number of halogens is 1. The van der Waals surface area contributed by atoms with Crippen LogP contribution in [0.25, 0.3) is 5.57 Å². The van der Waals surface area contributed by atoms with Crippen molar-refractivity contribution in [2.24, 2.45) is 0 Å².